The third-order valence-electron chi connectivity index (χ3n) is 7.96. The van der Waals surface area contributed by atoms with E-state index in [-0.39, 0.29) is 52.6 Å². The second-order valence-electron chi connectivity index (χ2n) is 10.2. The molecule has 1 amide bonds. The molecule has 41 heavy (non-hydrogen) atoms. The number of rotatable bonds is 3. The molecule has 0 heterocycles. The van der Waals surface area contributed by atoms with E-state index in [0.717, 1.165) is 0 Å². The summed E-state index contributed by atoms with van der Waals surface area (Å²) in [6.45, 7) is 4.58. The number of nitrogens with two attached hydrogens (primary N) is 1. The number of hydrogen-bond donors (Lipinski definition) is 7. The summed E-state index contributed by atoms with van der Waals surface area (Å²) in [6.07, 6.45) is -0.133. The van der Waals surface area contributed by atoms with Crippen molar-refractivity contribution in [2.45, 2.75) is 38.8 Å². The zero-order valence-electron chi connectivity index (χ0n) is 22.2. The van der Waals surface area contributed by atoms with Gasteiger partial charge in [0, 0.05) is 5.92 Å². The molecule has 11 nitrogen and oxygen atoms in total. The number of aliphatic hydroxyl groups excluding tert-OH is 1. The quantitative estimate of drug-likeness (QED) is 0.179. The molecule has 0 spiro atoms. The van der Waals surface area contributed by atoms with Gasteiger partial charge in [0.15, 0.2) is 11.4 Å². The summed E-state index contributed by atoms with van der Waals surface area (Å²) in [5.74, 6) is -6.10. The van der Waals surface area contributed by atoms with E-state index in [4.69, 9.17) is 5.73 Å². The van der Waals surface area contributed by atoms with Crippen LogP contribution in [0, 0.1) is 19.8 Å². The number of aromatic hydroxyl groups is 3. The minimum Gasteiger partial charge on any atom is -0.508 e. The number of halogens is 1. The maximum atomic E-state index is 13.9. The van der Waals surface area contributed by atoms with Crippen molar-refractivity contribution in [1.29, 1.82) is 0 Å². The number of phenolic OH excluding ortho intramolecular Hbond substituents is 3. The highest BCUT2D eigenvalue weighted by Gasteiger charge is 2.60. The van der Waals surface area contributed by atoms with Gasteiger partial charge in [-0.3, -0.25) is 14.4 Å². The Morgan fingerprint density at radius 2 is 1.71 bits per heavy atom. The van der Waals surface area contributed by atoms with Gasteiger partial charge in [-0.15, -0.1) is 12.4 Å². The standard InChI is InChI=1S/C29H27N3O8.ClH/c1-11-8-9-14-12(2)16-10-17-22(30)25(36)19(13(3)31-32-28(39)15-6-4-5-7-18(15)33)26(37)29(17,40)27(38)21(16)24(35)20(14)23(11)34;/h4-9,17,22,33-35,37,40H,10,30H2,1-3H3,(H,32,39);1H/b31-13+;/t17-,22+,29+;/m0./s1. The van der Waals surface area contributed by atoms with E-state index in [9.17, 15) is 39.9 Å². The number of para-hydroxylation sites is 1. The van der Waals surface area contributed by atoms with Crippen LogP contribution in [0.5, 0.6) is 17.2 Å². The number of amides is 1. The molecule has 0 radical (unpaired) electrons. The second kappa shape index (κ2) is 10.2. The Labute approximate surface area is 240 Å². The summed E-state index contributed by atoms with van der Waals surface area (Å²) in [5, 5.41) is 59.1. The molecule has 214 valence electrons. The molecule has 12 heteroatoms. The average Bonchev–Trinajstić information content (AvgIpc) is 2.92. The number of benzene rings is 3. The molecule has 0 fully saturated rings. The highest BCUT2D eigenvalue weighted by atomic mass is 35.5. The summed E-state index contributed by atoms with van der Waals surface area (Å²) in [6, 6.07) is 7.59. The monoisotopic (exact) mass is 581 g/mol. The largest absolute Gasteiger partial charge is 0.508 e. The van der Waals surface area contributed by atoms with E-state index >= 15 is 0 Å². The van der Waals surface area contributed by atoms with E-state index < -0.39 is 52.1 Å². The van der Waals surface area contributed by atoms with Crippen LogP contribution in [0.25, 0.3) is 10.8 Å². The molecule has 0 bridgehead atoms. The number of ketones is 2. The van der Waals surface area contributed by atoms with Gasteiger partial charge in [-0.1, -0.05) is 24.3 Å². The van der Waals surface area contributed by atoms with Crippen LogP contribution >= 0.6 is 12.4 Å². The van der Waals surface area contributed by atoms with Gasteiger partial charge in [-0.25, -0.2) is 5.43 Å². The molecule has 3 aromatic rings. The fraction of sp³-hybridized carbons (Fsp3) is 0.241. The number of hydrazone groups is 1. The Kier molecular flexibility index (Phi) is 7.34. The smallest absolute Gasteiger partial charge is 0.275 e. The van der Waals surface area contributed by atoms with Crippen molar-refractivity contribution in [1.82, 2.24) is 5.43 Å². The van der Waals surface area contributed by atoms with Crippen LogP contribution in [0.3, 0.4) is 0 Å². The number of hydrogen-bond acceptors (Lipinski definition) is 10. The van der Waals surface area contributed by atoms with E-state index in [1.807, 2.05) is 0 Å². The molecule has 2 aliphatic rings. The maximum absolute atomic E-state index is 13.9. The van der Waals surface area contributed by atoms with Crippen molar-refractivity contribution in [3.63, 3.8) is 0 Å². The number of nitrogens with one attached hydrogen (secondary N) is 1. The first-order valence-electron chi connectivity index (χ1n) is 12.4. The molecule has 0 saturated carbocycles. The molecule has 0 unspecified atom stereocenters. The molecule has 0 aromatic heterocycles. The molecule has 8 N–H and O–H groups in total. The van der Waals surface area contributed by atoms with Crippen LogP contribution in [-0.2, 0) is 11.2 Å². The van der Waals surface area contributed by atoms with Gasteiger partial charge in [0.1, 0.15) is 23.0 Å². The zero-order chi connectivity index (χ0) is 29.3. The third kappa shape index (κ3) is 4.12. The Hall–Kier alpha value is -4.45. The summed E-state index contributed by atoms with van der Waals surface area (Å²) < 4.78 is 0. The SMILES string of the molecule is C/C(=N\NC(=O)c1ccccc1O)C1=C(O)[C@@]2(O)C(=O)c3c(c(C)c4ccc(C)c(O)c4c3O)C[C@H]2[C@@H](N)C1=O.Cl. The number of aryl methyl sites for hydroxylation is 2. The Bertz CT molecular complexity index is 1730. The molecule has 3 aromatic carbocycles. The lowest BCUT2D eigenvalue weighted by atomic mass is 9.61. The van der Waals surface area contributed by atoms with Crippen molar-refractivity contribution in [3.05, 3.63) is 75.5 Å². The van der Waals surface area contributed by atoms with Gasteiger partial charge in [-0.2, -0.15) is 5.10 Å². The predicted octanol–water partition coefficient (Wildman–Crippen LogP) is 2.61. The summed E-state index contributed by atoms with van der Waals surface area (Å²) in [5.41, 5.74) is 5.86. The molecule has 0 aliphatic heterocycles. The molecular weight excluding hydrogens is 554 g/mol. The molecule has 3 atom stereocenters. The fourth-order valence-electron chi connectivity index (χ4n) is 5.68. The molecule has 0 saturated heterocycles. The van der Waals surface area contributed by atoms with Crippen molar-refractivity contribution in [2.24, 2.45) is 16.8 Å². The van der Waals surface area contributed by atoms with Gasteiger partial charge in [-0.05, 0) is 61.4 Å². The third-order valence-corrected chi connectivity index (χ3v) is 7.96. The van der Waals surface area contributed by atoms with Gasteiger partial charge in [0.25, 0.3) is 5.91 Å². The van der Waals surface area contributed by atoms with Crippen LogP contribution in [0.4, 0.5) is 0 Å². The van der Waals surface area contributed by atoms with Crippen LogP contribution in [0.1, 0.15) is 44.3 Å². The number of nitrogens with zero attached hydrogens (tertiary/aromatic N) is 1. The van der Waals surface area contributed by atoms with Crippen molar-refractivity contribution in [2.75, 3.05) is 0 Å². The van der Waals surface area contributed by atoms with Crippen LogP contribution in [0.15, 0.2) is 52.8 Å². The number of Topliss-reactive ketones (excluding diaryl/α,β-unsaturated/α-hetero) is 2. The predicted molar refractivity (Wildman–Crippen MR) is 152 cm³/mol. The highest BCUT2D eigenvalue weighted by Crippen LogP contribution is 2.50. The second-order valence-corrected chi connectivity index (χ2v) is 10.2. The van der Waals surface area contributed by atoms with E-state index in [1.165, 1.54) is 31.2 Å². The van der Waals surface area contributed by atoms with Gasteiger partial charge in [0.05, 0.1) is 33.8 Å². The first kappa shape index (κ1) is 29.5. The normalized spacial score (nSPS) is 22.2. The summed E-state index contributed by atoms with van der Waals surface area (Å²) in [7, 11) is 0. The number of phenols is 3. The van der Waals surface area contributed by atoms with Crippen LogP contribution in [-0.4, -0.2) is 60.4 Å². The van der Waals surface area contributed by atoms with E-state index in [1.54, 1.807) is 26.0 Å². The number of aliphatic hydroxyl groups is 2. The van der Waals surface area contributed by atoms with E-state index in [2.05, 4.69) is 10.5 Å². The molecular formula is C29H28ClN3O8. The van der Waals surface area contributed by atoms with Crippen molar-refractivity contribution < 1.29 is 39.9 Å². The van der Waals surface area contributed by atoms with Crippen molar-refractivity contribution >= 4 is 46.4 Å². The highest BCUT2D eigenvalue weighted by molar-refractivity contribution is 6.27. The Morgan fingerprint density at radius 3 is 2.37 bits per heavy atom. The average molecular weight is 582 g/mol. The number of carbonyl (C=O) groups excluding carboxylic acids is 3. The van der Waals surface area contributed by atoms with Crippen LogP contribution < -0.4 is 11.2 Å². The van der Waals surface area contributed by atoms with Crippen LogP contribution in [0.2, 0.25) is 0 Å². The minimum absolute atomic E-state index is 0. The molecule has 5 rings (SSSR count). The summed E-state index contributed by atoms with van der Waals surface area (Å²) >= 11 is 0. The van der Waals surface area contributed by atoms with E-state index in [0.29, 0.717) is 22.1 Å². The first-order valence-corrected chi connectivity index (χ1v) is 12.4. The number of fused-ring (bicyclic) bond motifs is 3. The first-order chi connectivity index (χ1) is 18.8. The lowest BCUT2D eigenvalue weighted by Crippen LogP contribution is -2.63. The van der Waals surface area contributed by atoms with Gasteiger partial charge < -0.3 is 31.3 Å². The molecule has 2 aliphatic carbocycles. The fourth-order valence-corrected chi connectivity index (χ4v) is 5.68. The van der Waals surface area contributed by atoms with Crippen molar-refractivity contribution in [3.8, 4) is 17.2 Å². The summed E-state index contributed by atoms with van der Waals surface area (Å²) in [4.78, 5) is 39.7. The van der Waals surface area contributed by atoms with Gasteiger partial charge >= 0.3 is 0 Å². The minimum atomic E-state index is -2.70. The zero-order valence-corrected chi connectivity index (χ0v) is 23.0. The lowest BCUT2D eigenvalue weighted by molar-refractivity contribution is -0.122. The van der Waals surface area contributed by atoms with Gasteiger partial charge in [0.2, 0.25) is 5.78 Å². The Balaban J connectivity index is 0.00000387. The lowest BCUT2D eigenvalue weighted by Gasteiger charge is -2.45. The maximum Gasteiger partial charge on any atom is 0.275 e. The number of carbonyl (C=O) groups is 3. The topological polar surface area (TPSA) is 203 Å². The Morgan fingerprint density at radius 1 is 1.05 bits per heavy atom.